The number of alkyl halides is 3. The van der Waals surface area contributed by atoms with Gasteiger partial charge in [0.1, 0.15) is 11.8 Å². The number of hydrogen-bond donors (Lipinski definition) is 0. The number of ether oxygens (including phenoxy) is 1. The summed E-state index contributed by atoms with van der Waals surface area (Å²) in [5, 5.41) is 0. The molecule has 1 aromatic heterocycles. The molecule has 2 heterocycles. The number of carbonyl (C=O) groups excluding carboxylic acids is 1. The molecule has 2 fully saturated rings. The number of carbonyl (C=O) groups is 1. The summed E-state index contributed by atoms with van der Waals surface area (Å²) in [6.07, 6.45) is 3.11. The first-order valence-corrected chi connectivity index (χ1v) is 9.86. The number of pyridine rings is 1. The van der Waals surface area contributed by atoms with Crippen molar-refractivity contribution in [3.8, 4) is 5.88 Å². The van der Waals surface area contributed by atoms with Gasteiger partial charge in [0.15, 0.2) is 0 Å². The average Bonchev–Trinajstić information content (AvgIpc) is 2.62. The predicted octanol–water partition coefficient (Wildman–Crippen LogP) is 4.69. The lowest BCUT2D eigenvalue weighted by Crippen LogP contribution is -2.57. The van der Waals surface area contributed by atoms with Crippen molar-refractivity contribution in [2.45, 2.75) is 64.1 Å². The van der Waals surface area contributed by atoms with Crippen LogP contribution < -0.4 is 4.74 Å². The van der Waals surface area contributed by atoms with E-state index in [4.69, 9.17) is 4.74 Å². The van der Waals surface area contributed by atoms with Gasteiger partial charge >= 0.3 is 6.18 Å². The van der Waals surface area contributed by atoms with Crippen LogP contribution in [0.25, 0.3) is 0 Å². The van der Waals surface area contributed by atoms with E-state index in [1.165, 1.54) is 31.4 Å². The van der Waals surface area contributed by atoms with Gasteiger partial charge in [0.05, 0.1) is 13.1 Å². The van der Waals surface area contributed by atoms with Crippen LogP contribution in [0.2, 0.25) is 0 Å². The molecule has 150 valence electrons. The molecule has 0 aromatic carbocycles. The fourth-order valence-electron chi connectivity index (χ4n) is 3.95. The zero-order chi connectivity index (χ0) is 19.4. The molecule has 1 saturated heterocycles. The maximum atomic E-state index is 12.7. The van der Waals surface area contributed by atoms with Crippen LogP contribution in [0.15, 0.2) is 18.2 Å². The third kappa shape index (κ3) is 5.14. The lowest BCUT2D eigenvalue weighted by molar-refractivity contribution is -0.146. The number of nitrogens with zero attached hydrogens (tertiary/aromatic N) is 2. The van der Waals surface area contributed by atoms with Crippen molar-refractivity contribution >= 4 is 5.91 Å². The molecule has 0 radical (unpaired) electrons. The third-order valence-corrected chi connectivity index (χ3v) is 5.62. The third-order valence-electron chi connectivity index (χ3n) is 5.62. The van der Waals surface area contributed by atoms with E-state index in [1.54, 1.807) is 4.90 Å². The smallest absolute Gasteiger partial charge is 0.433 e. The molecule has 1 aliphatic heterocycles. The summed E-state index contributed by atoms with van der Waals surface area (Å²) in [6.45, 7) is 3.05. The molecule has 0 atom stereocenters. The molecule has 1 saturated carbocycles. The quantitative estimate of drug-likeness (QED) is 0.715. The highest BCUT2D eigenvalue weighted by Crippen LogP contribution is 2.34. The van der Waals surface area contributed by atoms with E-state index in [0.717, 1.165) is 37.7 Å². The van der Waals surface area contributed by atoms with Crippen LogP contribution in [0, 0.1) is 11.8 Å². The molecule has 27 heavy (non-hydrogen) atoms. The average molecular weight is 384 g/mol. The van der Waals surface area contributed by atoms with Gasteiger partial charge in [-0.1, -0.05) is 32.3 Å². The minimum atomic E-state index is -4.49. The fraction of sp³-hybridized carbons (Fsp3) is 0.700. The Morgan fingerprint density at radius 1 is 1.22 bits per heavy atom. The molecule has 0 spiro atoms. The Morgan fingerprint density at radius 2 is 1.93 bits per heavy atom. The number of unbranched alkanes of at least 4 members (excludes halogenated alkanes) is 1. The zero-order valence-corrected chi connectivity index (χ0v) is 15.7. The second kappa shape index (κ2) is 8.48. The molecule has 2 aliphatic rings. The van der Waals surface area contributed by atoms with Crippen molar-refractivity contribution in [3.05, 3.63) is 23.9 Å². The van der Waals surface area contributed by atoms with Crippen molar-refractivity contribution in [1.82, 2.24) is 9.88 Å². The maximum absolute atomic E-state index is 12.7. The minimum Gasteiger partial charge on any atom is -0.471 e. The molecule has 0 N–H and O–H groups in total. The Morgan fingerprint density at radius 3 is 2.56 bits per heavy atom. The number of aromatic nitrogens is 1. The van der Waals surface area contributed by atoms with Crippen molar-refractivity contribution in [1.29, 1.82) is 0 Å². The summed E-state index contributed by atoms with van der Waals surface area (Å²) in [7, 11) is 0. The Kier molecular flexibility index (Phi) is 6.27. The molecule has 0 unspecified atom stereocenters. The first kappa shape index (κ1) is 20.0. The van der Waals surface area contributed by atoms with Crippen LogP contribution in [0.5, 0.6) is 5.88 Å². The number of amides is 1. The summed E-state index contributed by atoms with van der Waals surface area (Å²) in [6, 6.07) is 3.61. The number of rotatable bonds is 6. The highest BCUT2D eigenvalue weighted by Gasteiger charge is 2.38. The summed E-state index contributed by atoms with van der Waals surface area (Å²) in [5.41, 5.74) is -0.966. The van der Waals surface area contributed by atoms with Crippen molar-refractivity contribution in [2.75, 3.05) is 13.1 Å². The summed E-state index contributed by atoms with van der Waals surface area (Å²) >= 11 is 0. The van der Waals surface area contributed by atoms with E-state index in [2.05, 4.69) is 11.9 Å². The minimum absolute atomic E-state index is 0.0432. The van der Waals surface area contributed by atoms with E-state index in [-0.39, 0.29) is 23.8 Å². The Hall–Kier alpha value is -1.79. The Bertz CT molecular complexity index is 636. The van der Waals surface area contributed by atoms with Crippen molar-refractivity contribution in [3.63, 3.8) is 0 Å². The van der Waals surface area contributed by atoms with E-state index in [0.29, 0.717) is 13.1 Å². The summed E-state index contributed by atoms with van der Waals surface area (Å²) in [4.78, 5) is 17.9. The van der Waals surface area contributed by atoms with Gasteiger partial charge in [-0.05, 0) is 37.7 Å². The molecule has 4 nitrogen and oxygen atoms in total. The standard InChI is InChI=1S/C20H27F3N2O2/c1-2-3-5-14-8-10-15(11-9-14)19(26)25-12-16(13-25)27-18-7-4-6-17(24-18)20(21,22)23/h4,6-7,14-16H,2-3,5,8-13H2,1H3. The van der Waals surface area contributed by atoms with Gasteiger partial charge < -0.3 is 9.64 Å². The molecule has 7 heteroatoms. The maximum Gasteiger partial charge on any atom is 0.433 e. The fourth-order valence-corrected chi connectivity index (χ4v) is 3.95. The number of likely N-dealkylation sites (tertiary alicyclic amines) is 1. The molecule has 0 bridgehead atoms. The van der Waals surface area contributed by atoms with Gasteiger partial charge in [0.2, 0.25) is 11.8 Å². The van der Waals surface area contributed by atoms with Gasteiger partial charge in [-0.3, -0.25) is 4.79 Å². The Balaban J connectivity index is 1.43. The van der Waals surface area contributed by atoms with Gasteiger partial charge in [-0.25, -0.2) is 4.98 Å². The first-order valence-electron chi connectivity index (χ1n) is 9.86. The molecular formula is C20H27F3N2O2. The second-order valence-corrected chi connectivity index (χ2v) is 7.70. The van der Waals surface area contributed by atoms with Crippen LogP contribution >= 0.6 is 0 Å². The predicted molar refractivity (Wildman–Crippen MR) is 95.2 cm³/mol. The SMILES string of the molecule is CCCCC1CCC(C(=O)N2CC(Oc3cccc(C(F)(F)F)n3)C2)CC1. The monoisotopic (exact) mass is 384 g/mol. The van der Waals surface area contributed by atoms with Gasteiger partial charge in [0, 0.05) is 12.0 Å². The Labute approximate surface area is 158 Å². The summed E-state index contributed by atoms with van der Waals surface area (Å²) < 4.78 is 43.6. The van der Waals surface area contributed by atoms with Crippen LogP contribution in [0.4, 0.5) is 13.2 Å². The normalized spacial score (nSPS) is 23.8. The molecular weight excluding hydrogens is 357 g/mol. The first-order chi connectivity index (χ1) is 12.9. The molecule has 1 aliphatic carbocycles. The summed E-state index contributed by atoms with van der Waals surface area (Å²) in [5.74, 6) is 0.975. The van der Waals surface area contributed by atoms with E-state index in [9.17, 15) is 18.0 Å². The van der Waals surface area contributed by atoms with Crippen LogP contribution in [0.1, 0.15) is 57.6 Å². The van der Waals surface area contributed by atoms with Crippen LogP contribution in [0.3, 0.4) is 0 Å². The topological polar surface area (TPSA) is 42.4 Å². The largest absolute Gasteiger partial charge is 0.471 e. The van der Waals surface area contributed by atoms with Crippen molar-refractivity contribution < 1.29 is 22.7 Å². The lowest BCUT2D eigenvalue weighted by Gasteiger charge is -2.41. The highest BCUT2D eigenvalue weighted by molar-refractivity contribution is 5.79. The number of hydrogen-bond acceptors (Lipinski definition) is 3. The number of halogens is 3. The molecule has 3 rings (SSSR count). The van der Waals surface area contributed by atoms with Crippen LogP contribution in [-0.2, 0) is 11.0 Å². The molecule has 1 amide bonds. The second-order valence-electron chi connectivity index (χ2n) is 7.70. The zero-order valence-electron chi connectivity index (χ0n) is 15.7. The van der Waals surface area contributed by atoms with E-state index >= 15 is 0 Å². The van der Waals surface area contributed by atoms with Gasteiger partial charge in [0.25, 0.3) is 0 Å². The van der Waals surface area contributed by atoms with E-state index < -0.39 is 11.9 Å². The van der Waals surface area contributed by atoms with Gasteiger partial charge in [-0.15, -0.1) is 0 Å². The lowest BCUT2D eigenvalue weighted by atomic mass is 9.79. The highest BCUT2D eigenvalue weighted by atomic mass is 19.4. The van der Waals surface area contributed by atoms with Crippen molar-refractivity contribution in [2.24, 2.45) is 11.8 Å². The van der Waals surface area contributed by atoms with E-state index in [1.807, 2.05) is 0 Å². The molecule has 1 aromatic rings. The van der Waals surface area contributed by atoms with Gasteiger partial charge in [-0.2, -0.15) is 13.2 Å². The van der Waals surface area contributed by atoms with Crippen LogP contribution in [-0.4, -0.2) is 35.0 Å².